The summed E-state index contributed by atoms with van der Waals surface area (Å²) in [5.74, 6) is -0.123. The molecule has 3 fully saturated rings. The molecule has 0 radical (unpaired) electrons. The fourth-order valence-corrected chi connectivity index (χ4v) is 8.35. The molecule has 214 valence electrons. The van der Waals surface area contributed by atoms with E-state index in [9.17, 15) is 13.2 Å². The average Bonchev–Trinajstić information content (AvgIpc) is 3.55. The molecule has 1 spiro atoms. The van der Waals surface area contributed by atoms with Crippen molar-refractivity contribution < 1.29 is 17.9 Å². The maximum atomic E-state index is 13.4. The first kappa shape index (κ1) is 26.4. The highest BCUT2D eigenvalue weighted by Crippen LogP contribution is 2.55. The van der Waals surface area contributed by atoms with Gasteiger partial charge < -0.3 is 10.1 Å². The van der Waals surface area contributed by atoms with Gasteiger partial charge in [0.2, 0.25) is 11.8 Å². The van der Waals surface area contributed by atoms with Crippen LogP contribution in [-0.2, 0) is 10.0 Å². The highest BCUT2D eigenvalue weighted by Gasteiger charge is 2.50. The van der Waals surface area contributed by atoms with Crippen LogP contribution in [0.1, 0.15) is 60.0 Å². The second kappa shape index (κ2) is 9.80. The number of anilines is 1. The molecule has 2 aromatic carbocycles. The molecule has 1 aromatic heterocycles. The predicted molar refractivity (Wildman–Crippen MR) is 155 cm³/mol. The van der Waals surface area contributed by atoms with Crippen LogP contribution in [0.3, 0.4) is 0 Å². The lowest BCUT2D eigenvalue weighted by Gasteiger charge is -2.49. The van der Waals surface area contributed by atoms with Gasteiger partial charge in [-0.25, -0.2) is 18.1 Å². The van der Waals surface area contributed by atoms with Crippen molar-refractivity contribution in [3.8, 4) is 17.1 Å². The number of carbonyl (C=O) groups excluding carboxylic acids is 1. The molecule has 1 saturated heterocycles. The number of sulfonamides is 1. The monoisotopic (exact) mass is 573 g/mol. The largest absolute Gasteiger partial charge is 0.471 e. The number of carbonyl (C=O) groups is 1. The molecule has 2 N–H and O–H groups in total. The van der Waals surface area contributed by atoms with Gasteiger partial charge in [0, 0.05) is 36.3 Å². The van der Waals surface area contributed by atoms with Gasteiger partial charge >= 0.3 is 0 Å². The number of ether oxygens (including phenoxy) is 1. The highest BCUT2D eigenvalue weighted by atomic mass is 32.2. The van der Waals surface area contributed by atoms with Crippen molar-refractivity contribution in [1.29, 1.82) is 0 Å². The number of nitrogens with zero attached hydrogens (tertiary/aromatic N) is 3. The van der Waals surface area contributed by atoms with Crippen LogP contribution in [0.25, 0.3) is 11.3 Å². The molecule has 2 aliphatic heterocycles. The summed E-state index contributed by atoms with van der Waals surface area (Å²) in [7, 11) is -4.07. The van der Waals surface area contributed by atoms with Crippen molar-refractivity contribution in [3.05, 3.63) is 65.2 Å². The minimum atomic E-state index is -4.07. The maximum absolute atomic E-state index is 13.4. The zero-order chi connectivity index (χ0) is 28.4. The Morgan fingerprint density at radius 3 is 2.46 bits per heavy atom. The lowest BCUT2D eigenvalue weighted by molar-refractivity contribution is 0.0120. The fraction of sp³-hybridized carbons (Fsp3) is 0.452. The van der Waals surface area contributed by atoms with E-state index in [-0.39, 0.29) is 40.3 Å². The van der Waals surface area contributed by atoms with E-state index in [4.69, 9.17) is 4.74 Å². The topological polar surface area (TPSA) is 114 Å². The molecule has 2 aliphatic carbocycles. The number of rotatable bonds is 2. The van der Waals surface area contributed by atoms with E-state index in [0.29, 0.717) is 30.2 Å². The molecule has 41 heavy (non-hydrogen) atoms. The Balaban J connectivity index is 1.28. The van der Waals surface area contributed by atoms with E-state index in [1.54, 1.807) is 18.2 Å². The first-order valence-electron chi connectivity index (χ1n) is 14.5. The predicted octanol–water partition coefficient (Wildman–Crippen LogP) is 4.46. The minimum absolute atomic E-state index is 0.0335. The van der Waals surface area contributed by atoms with Gasteiger partial charge in [0.05, 0.1) is 16.6 Å². The van der Waals surface area contributed by atoms with Crippen molar-refractivity contribution in [2.45, 2.75) is 75.5 Å². The quantitative estimate of drug-likeness (QED) is 0.465. The van der Waals surface area contributed by atoms with Crippen LogP contribution < -0.4 is 14.8 Å². The molecule has 4 aliphatic rings. The molecule has 7 rings (SSSR count). The number of aryl methyl sites for hydroxylation is 2. The van der Waals surface area contributed by atoms with Crippen molar-refractivity contribution in [2.24, 2.45) is 5.41 Å². The normalized spacial score (nSPS) is 25.1. The molecule has 10 heteroatoms. The minimum Gasteiger partial charge on any atom is -0.471 e. The molecule has 0 unspecified atom stereocenters. The Bertz CT molecular complexity index is 1610. The Morgan fingerprint density at radius 2 is 1.71 bits per heavy atom. The van der Waals surface area contributed by atoms with Gasteiger partial charge in [-0.3, -0.25) is 9.69 Å². The van der Waals surface area contributed by atoms with Crippen LogP contribution in [0.15, 0.2) is 53.4 Å². The maximum Gasteiger partial charge on any atom is 0.264 e. The van der Waals surface area contributed by atoms with Crippen molar-refractivity contribution >= 4 is 21.9 Å². The first-order chi connectivity index (χ1) is 19.7. The van der Waals surface area contributed by atoms with E-state index < -0.39 is 10.0 Å². The number of aromatic nitrogens is 2. The number of fused-ring (bicyclic) bond motifs is 5. The fourth-order valence-electron chi connectivity index (χ4n) is 7.36. The summed E-state index contributed by atoms with van der Waals surface area (Å²) in [6.07, 6.45) is 7.38. The summed E-state index contributed by atoms with van der Waals surface area (Å²) < 4.78 is 35.8. The van der Waals surface area contributed by atoms with Gasteiger partial charge in [0.15, 0.2) is 0 Å². The molecule has 2 atom stereocenters. The Morgan fingerprint density at radius 1 is 0.976 bits per heavy atom. The Hall–Kier alpha value is -3.50. The van der Waals surface area contributed by atoms with Gasteiger partial charge in [-0.1, -0.05) is 37.1 Å². The van der Waals surface area contributed by atoms with Crippen LogP contribution in [0.4, 0.5) is 5.95 Å². The number of amides is 1. The van der Waals surface area contributed by atoms with Crippen LogP contribution in [0.5, 0.6) is 5.88 Å². The van der Waals surface area contributed by atoms with Crippen LogP contribution >= 0.6 is 0 Å². The zero-order valence-corrected chi connectivity index (χ0v) is 24.2. The zero-order valence-electron chi connectivity index (χ0n) is 23.4. The SMILES string of the molecule is Cc1cccc(C)c1-c1cc2nc(n1)NS(=O)(=O)c1cccc(c1)C(=O)N[C@@H]1CN(C3CC4(CCCC4)C3)C[C@H]1O2. The lowest BCUT2D eigenvalue weighted by Crippen LogP contribution is -2.50. The number of likely N-dealkylation sites (tertiary alicyclic amines) is 1. The van der Waals surface area contributed by atoms with Crippen LogP contribution in [-0.4, -0.2) is 60.5 Å². The van der Waals surface area contributed by atoms with Crippen LogP contribution in [0, 0.1) is 19.3 Å². The highest BCUT2D eigenvalue weighted by molar-refractivity contribution is 7.92. The average molecular weight is 574 g/mol. The summed E-state index contributed by atoms with van der Waals surface area (Å²) >= 11 is 0. The van der Waals surface area contributed by atoms with Gasteiger partial charge in [0.25, 0.3) is 15.9 Å². The molecule has 3 aromatic rings. The molecular weight excluding hydrogens is 538 g/mol. The second-order valence-electron chi connectivity index (χ2n) is 12.3. The van der Waals surface area contributed by atoms with Crippen molar-refractivity contribution in [1.82, 2.24) is 20.2 Å². The number of hydrogen-bond acceptors (Lipinski definition) is 7. The number of nitrogens with one attached hydrogen (secondary N) is 2. The molecule has 2 saturated carbocycles. The summed E-state index contributed by atoms with van der Waals surface area (Å²) in [5.41, 5.74) is 4.29. The molecular formula is C31H35N5O4S. The number of hydrogen-bond donors (Lipinski definition) is 2. The second-order valence-corrected chi connectivity index (χ2v) is 14.0. The summed E-state index contributed by atoms with van der Waals surface area (Å²) in [6, 6.07) is 14.0. The molecule has 3 heterocycles. The van der Waals surface area contributed by atoms with Gasteiger partial charge in [0.1, 0.15) is 6.10 Å². The van der Waals surface area contributed by atoms with Crippen molar-refractivity contribution in [2.75, 3.05) is 17.8 Å². The summed E-state index contributed by atoms with van der Waals surface area (Å²) in [4.78, 5) is 24.9. The third-order valence-corrected chi connectivity index (χ3v) is 10.8. The molecule has 1 amide bonds. The third-order valence-electron chi connectivity index (χ3n) is 9.47. The lowest BCUT2D eigenvalue weighted by atomic mass is 9.64. The Labute approximate surface area is 240 Å². The summed E-state index contributed by atoms with van der Waals surface area (Å²) in [6.45, 7) is 5.34. The van der Waals surface area contributed by atoms with E-state index in [2.05, 4.69) is 24.9 Å². The number of benzene rings is 2. The van der Waals surface area contributed by atoms with Gasteiger partial charge in [-0.15, -0.1) is 0 Å². The van der Waals surface area contributed by atoms with E-state index in [1.807, 2.05) is 32.0 Å². The molecule has 4 bridgehead atoms. The Kier molecular flexibility index (Phi) is 6.31. The van der Waals surface area contributed by atoms with E-state index in [0.717, 1.165) is 16.7 Å². The first-order valence-corrected chi connectivity index (χ1v) is 16.0. The van der Waals surface area contributed by atoms with Crippen molar-refractivity contribution in [3.63, 3.8) is 0 Å². The standard InChI is InChI=1S/C31H35N5O4S/c1-19-7-5-8-20(2)28(19)24-14-27-34-30(33-24)35-41(38,39)23-10-6-9-21(13-23)29(37)32-25-17-36(18-26(25)40-27)22-15-31(16-22)11-3-4-12-31/h5-10,13-14,22,25-26H,3-4,11-12,15-18H2,1-2H3,(H,32,37)(H,33,34,35)/t25-,26-/m1/s1. The third kappa shape index (κ3) is 4.86. The molecule has 9 nitrogen and oxygen atoms in total. The van der Waals surface area contributed by atoms with E-state index >= 15 is 0 Å². The van der Waals surface area contributed by atoms with E-state index in [1.165, 1.54) is 50.7 Å². The van der Waals surface area contributed by atoms with Crippen LogP contribution in [0.2, 0.25) is 0 Å². The smallest absolute Gasteiger partial charge is 0.264 e. The summed E-state index contributed by atoms with van der Waals surface area (Å²) in [5, 5.41) is 3.16. The van der Waals surface area contributed by atoms with Gasteiger partial charge in [-0.2, -0.15) is 4.98 Å². The van der Waals surface area contributed by atoms with Gasteiger partial charge in [-0.05, 0) is 74.3 Å².